The lowest BCUT2D eigenvalue weighted by Gasteiger charge is -2.38. The second-order valence-electron chi connectivity index (χ2n) is 21.1. The average molecular weight is 953 g/mol. The Bertz CT molecular complexity index is 1590. The quantitative estimate of drug-likeness (QED) is 0.0294. The van der Waals surface area contributed by atoms with E-state index in [9.17, 15) is 10.2 Å². The highest BCUT2D eigenvalue weighted by atomic mass is 28.4. The smallest absolute Gasteiger partial charge is 0.334 e. The number of rotatable bonds is 40. The molecule has 2 atom stereocenters. The molecule has 1 aromatic carbocycles. The van der Waals surface area contributed by atoms with Crippen LogP contribution in [0.5, 0.6) is 11.5 Å². The maximum atomic E-state index is 9.33. The Labute approximate surface area is 414 Å². The van der Waals surface area contributed by atoms with Crippen LogP contribution < -0.4 is 9.47 Å². The van der Waals surface area contributed by atoms with Crippen LogP contribution in [-0.2, 0) is 15.3 Å². The highest BCUT2D eigenvalue weighted by Gasteiger charge is 2.36. The highest BCUT2D eigenvalue weighted by molar-refractivity contribution is 6.64. The highest BCUT2D eigenvalue weighted by Crippen LogP contribution is 2.45. The van der Waals surface area contributed by atoms with E-state index in [0.29, 0.717) is 19.7 Å². The van der Waals surface area contributed by atoms with E-state index in [0.717, 1.165) is 113 Å². The van der Waals surface area contributed by atoms with Gasteiger partial charge in [0.1, 0.15) is 17.1 Å². The van der Waals surface area contributed by atoms with Crippen molar-refractivity contribution in [2.24, 2.45) is 0 Å². The zero-order valence-electron chi connectivity index (χ0n) is 45.6. The van der Waals surface area contributed by atoms with Crippen molar-refractivity contribution >= 4 is 8.56 Å². The minimum absolute atomic E-state index is 0.128. The number of hydrogen-bond donors (Lipinski definition) is 2. The first-order valence-corrected chi connectivity index (χ1v) is 30.3. The van der Waals surface area contributed by atoms with Gasteiger partial charge in [0.25, 0.3) is 0 Å². The normalized spacial score (nSPS) is 16.2. The number of unbranched alkanes of at least 4 members (excludes halogenated alkanes) is 14. The Balaban J connectivity index is 2.03. The third kappa shape index (κ3) is 27.1. The van der Waals surface area contributed by atoms with E-state index >= 15 is 0 Å². The van der Waals surface area contributed by atoms with Crippen molar-refractivity contribution in [3.63, 3.8) is 0 Å². The van der Waals surface area contributed by atoms with Crippen LogP contribution >= 0.6 is 0 Å². The first-order chi connectivity index (χ1) is 32.1. The molecule has 0 fully saturated rings. The molecule has 1 aliphatic heterocycles. The van der Waals surface area contributed by atoms with E-state index in [1.165, 1.54) is 110 Å². The van der Waals surface area contributed by atoms with E-state index in [1.807, 2.05) is 0 Å². The van der Waals surface area contributed by atoms with Gasteiger partial charge in [-0.05, 0) is 188 Å². The lowest BCUT2D eigenvalue weighted by molar-refractivity contribution is -0.0317. The standard InChI is InChI=1S/C59H105NO6Si/c1-12-13-14-15-16-17-18-19-20-21-22-23-24-25-28-39-56(66-67(10,11)63-48-30-27-26-29-43-60(44-46-61)45-47-62)64-57-52(6)53(7)58-55(54(57)8)40-42-59(9,65-58)41-33-38-51(5)37-32-36-50(4)35-31-34-49(2)3/h19-20,34,36,38,56,61-62H,12-18,21-33,35,37,39-48H2,1-11H3/b20-19-,50-36+,51-38+. The number of hydrogen-bond acceptors (Lipinski definition) is 7. The molecule has 0 radical (unpaired) electrons. The van der Waals surface area contributed by atoms with Gasteiger partial charge in [0.2, 0.25) is 0 Å². The molecule has 0 saturated carbocycles. The first-order valence-electron chi connectivity index (χ1n) is 27.5. The summed E-state index contributed by atoms with van der Waals surface area (Å²) < 4.78 is 27.5. The number of aliphatic hydroxyl groups is 2. The Morgan fingerprint density at radius 1 is 0.687 bits per heavy atom. The molecule has 0 amide bonds. The van der Waals surface area contributed by atoms with Gasteiger partial charge < -0.3 is 28.5 Å². The lowest BCUT2D eigenvalue weighted by atomic mass is 9.85. The van der Waals surface area contributed by atoms with E-state index in [1.54, 1.807) is 0 Å². The SMILES string of the molecule is CCCCCCCC/C=C\CCCCCCCC(Oc1c(C)c(C)c2c(c1C)CCC(C)(CC/C=C(\C)CC/C=C(\C)CCC=C(C)C)O2)O[Si](C)(C)OCCCCCCN(CCO)CCO. The molecular weight excluding hydrogens is 847 g/mol. The van der Waals surface area contributed by atoms with Gasteiger partial charge >= 0.3 is 8.56 Å². The molecule has 0 bridgehead atoms. The zero-order chi connectivity index (χ0) is 49.3. The van der Waals surface area contributed by atoms with Crippen molar-refractivity contribution in [2.45, 2.75) is 254 Å². The summed E-state index contributed by atoms with van der Waals surface area (Å²) in [7, 11) is -2.51. The van der Waals surface area contributed by atoms with Crippen molar-refractivity contribution in [1.29, 1.82) is 0 Å². The number of aliphatic hydroxyl groups excluding tert-OH is 2. The van der Waals surface area contributed by atoms with Crippen molar-refractivity contribution in [3.8, 4) is 11.5 Å². The van der Waals surface area contributed by atoms with Gasteiger partial charge in [0.15, 0.2) is 6.29 Å². The molecule has 0 aromatic heterocycles. The Morgan fingerprint density at radius 3 is 1.88 bits per heavy atom. The molecule has 2 N–H and O–H groups in total. The third-order valence-electron chi connectivity index (χ3n) is 13.9. The van der Waals surface area contributed by atoms with Crippen LogP contribution in [0, 0.1) is 20.8 Å². The van der Waals surface area contributed by atoms with Crippen molar-refractivity contribution < 1.29 is 28.5 Å². The Morgan fingerprint density at radius 2 is 1.25 bits per heavy atom. The molecule has 8 heteroatoms. The maximum absolute atomic E-state index is 9.33. The predicted molar refractivity (Wildman–Crippen MR) is 290 cm³/mol. The zero-order valence-corrected chi connectivity index (χ0v) is 46.6. The van der Waals surface area contributed by atoms with Crippen LogP contribution in [0.4, 0.5) is 0 Å². The second-order valence-corrected chi connectivity index (χ2v) is 24.4. The van der Waals surface area contributed by atoms with Gasteiger partial charge in [-0.15, -0.1) is 0 Å². The fraction of sp³-hybridized carbons (Fsp3) is 0.763. The average Bonchev–Trinajstić information content (AvgIpc) is 3.27. The second kappa shape index (κ2) is 35.8. The molecular formula is C59H105NO6Si. The number of fused-ring (bicyclic) bond motifs is 1. The molecule has 386 valence electrons. The van der Waals surface area contributed by atoms with Gasteiger partial charge in [0, 0.05) is 31.7 Å². The molecule has 7 nitrogen and oxygen atoms in total. The molecule has 1 aliphatic rings. The molecule has 0 spiro atoms. The van der Waals surface area contributed by atoms with Gasteiger partial charge in [-0.2, -0.15) is 0 Å². The predicted octanol–water partition coefficient (Wildman–Crippen LogP) is 16.2. The minimum atomic E-state index is -2.51. The van der Waals surface area contributed by atoms with E-state index in [4.69, 9.17) is 18.3 Å². The summed E-state index contributed by atoms with van der Waals surface area (Å²) in [5.41, 5.74) is 8.99. The topological polar surface area (TPSA) is 80.6 Å². The molecule has 2 unspecified atom stereocenters. The van der Waals surface area contributed by atoms with Crippen LogP contribution in [0.15, 0.2) is 47.1 Å². The number of nitrogens with zero attached hydrogens (tertiary/aromatic N) is 1. The molecule has 67 heavy (non-hydrogen) atoms. The van der Waals surface area contributed by atoms with E-state index in [2.05, 4.69) is 111 Å². The van der Waals surface area contributed by atoms with Gasteiger partial charge in [0.05, 0.1) is 13.2 Å². The van der Waals surface area contributed by atoms with Crippen LogP contribution in [0.2, 0.25) is 13.1 Å². The Hall–Kier alpha value is -2.20. The minimum Gasteiger partial charge on any atom is -0.487 e. The summed E-state index contributed by atoms with van der Waals surface area (Å²) in [6, 6.07) is 0. The summed E-state index contributed by atoms with van der Waals surface area (Å²) in [4.78, 5) is 2.13. The summed E-state index contributed by atoms with van der Waals surface area (Å²) in [6.45, 7) is 27.6. The Kier molecular flexibility index (Phi) is 32.6. The largest absolute Gasteiger partial charge is 0.487 e. The van der Waals surface area contributed by atoms with Gasteiger partial charge in [-0.1, -0.05) is 118 Å². The number of ether oxygens (including phenoxy) is 2. The number of allylic oxidation sites excluding steroid dienone is 8. The molecule has 0 saturated heterocycles. The van der Waals surface area contributed by atoms with Gasteiger partial charge in [-0.25, -0.2) is 0 Å². The fourth-order valence-corrected chi connectivity index (χ4v) is 10.8. The van der Waals surface area contributed by atoms with Crippen LogP contribution in [0.3, 0.4) is 0 Å². The monoisotopic (exact) mass is 952 g/mol. The summed E-state index contributed by atoms with van der Waals surface area (Å²) in [5, 5.41) is 18.7. The fourth-order valence-electron chi connectivity index (χ4n) is 9.33. The van der Waals surface area contributed by atoms with Crippen molar-refractivity contribution in [2.75, 3.05) is 39.5 Å². The van der Waals surface area contributed by atoms with Crippen molar-refractivity contribution in [3.05, 3.63) is 69.4 Å². The third-order valence-corrected chi connectivity index (χ3v) is 15.6. The summed E-state index contributed by atoms with van der Waals surface area (Å²) >= 11 is 0. The summed E-state index contributed by atoms with van der Waals surface area (Å²) in [6.07, 6.45) is 41.9. The van der Waals surface area contributed by atoms with E-state index < -0.39 is 8.56 Å². The molecule has 0 aliphatic carbocycles. The number of benzene rings is 1. The lowest BCUT2D eigenvalue weighted by Crippen LogP contribution is -2.41. The molecule has 1 aromatic rings. The van der Waals surface area contributed by atoms with Crippen LogP contribution in [0.1, 0.15) is 224 Å². The van der Waals surface area contributed by atoms with E-state index in [-0.39, 0.29) is 25.1 Å². The first kappa shape index (κ1) is 60.9. The van der Waals surface area contributed by atoms with Crippen LogP contribution in [0.25, 0.3) is 0 Å². The van der Waals surface area contributed by atoms with Crippen molar-refractivity contribution in [1.82, 2.24) is 4.90 Å². The molecule has 1 heterocycles. The molecule has 2 rings (SSSR count). The summed E-state index contributed by atoms with van der Waals surface area (Å²) in [5.74, 6) is 2.02. The maximum Gasteiger partial charge on any atom is 0.334 e. The van der Waals surface area contributed by atoms with Crippen LogP contribution in [-0.4, -0.2) is 75.0 Å². The van der Waals surface area contributed by atoms with Gasteiger partial charge in [-0.3, -0.25) is 4.90 Å².